The Labute approximate surface area is 104 Å². The highest BCUT2D eigenvalue weighted by Crippen LogP contribution is 2.34. The smallest absolute Gasteiger partial charge is 0.317 e. The Morgan fingerprint density at radius 3 is 2.44 bits per heavy atom. The first kappa shape index (κ1) is 14.7. The summed E-state index contributed by atoms with van der Waals surface area (Å²) in [4.78, 5) is 23.3. The van der Waals surface area contributed by atoms with Gasteiger partial charge in [-0.1, -0.05) is 0 Å². The van der Waals surface area contributed by atoms with Crippen molar-refractivity contribution >= 4 is 12.0 Å². The molecule has 0 radical (unpaired) electrons. The molecule has 7 heteroatoms. The van der Waals surface area contributed by atoms with E-state index < -0.39 is 17.9 Å². The van der Waals surface area contributed by atoms with Crippen LogP contribution in [0.2, 0.25) is 0 Å². The number of nitrogens with zero attached hydrogens (tertiary/aromatic N) is 1. The summed E-state index contributed by atoms with van der Waals surface area (Å²) in [5.41, 5.74) is 0. The molecule has 0 unspecified atom stereocenters. The molecule has 1 fully saturated rings. The largest absolute Gasteiger partial charge is 0.481 e. The van der Waals surface area contributed by atoms with E-state index in [-0.39, 0.29) is 44.7 Å². The molecule has 0 atom stereocenters. The van der Waals surface area contributed by atoms with Crippen molar-refractivity contribution < 1.29 is 23.5 Å². The van der Waals surface area contributed by atoms with Crippen molar-refractivity contribution in [1.82, 2.24) is 10.2 Å². The third-order valence-electron chi connectivity index (χ3n) is 3.17. The lowest BCUT2D eigenvalue weighted by Crippen LogP contribution is -2.46. The molecule has 2 amide bonds. The van der Waals surface area contributed by atoms with Crippen LogP contribution >= 0.6 is 0 Å². The predicted molar refractivity (Wildman–Crippen MR) is 60.6 cm³/mol. The molecule has 0 aromatic rings. The van der Waals surface area contributed by atoms with Gasteiger partial charge in [-0.2, -0.15) is 0 Å². The zero-order valence-corrected chi connectivity index (χ0v) is 10.3. The number of amides is 2. The van der Waals surface area contributed by atoms with E-state index in [1.807, 2.05) is 0 Å². The molecule has 104 valence electrons. The maximum Gasteiger partial charge on any atom is 0.317 e. The number of alkyl halides is 2. The van der Waals surface area contributed by atoms with Gasteiger partial charge in [0.25, 0.3) is 0 Å². The molecule has 0 bridgehead atoms. The van der Waals surface area contributed by atoms with E-state index in [0.29, 0.717) is 0 Å². The number of nitrogens with one attached hydrogen (secondary N) is 1. The third kappa shape index (κ3) is 4.46. The molecule has 0 saturated heterocycles. The van der Waals surface area contributed by atoms with E-state index in [9.17, 15) is 18.4 Å². The van der Waals surface area contributed by atoms with Crippen LogP contribution < -0.4 is 5.32 Å². The summed E-state index contributed by atoms with van der Waals surface area (Å²) in [6, 6.07) is -0.610. The van der Waals surface area contributed by atoms with Gasteiger partial charge < -0.3 is 15.3 Å². The number of hydrogen-bond donors (Lipinski definition) is 2. The molecule has 2 N–H and O–H groups in total. The number of carboxylic acids is 1. The van der Waals surface area contributed by atoms with E-state index in [4.69, 9.17) is 5.11 Å². The molecule has 0 aromatic carbocycles. The van der Waals surface area contributed by atoms with Crippen LogP contribution in [0.1, 0.15) is 32.1 Å². The number of carboxylic acid groups (broad SMARTS) is 1. The first-order valence-corrected chi connectivity index (χ1v) is 5.92. The summed E-state index contributed by atoms with van der Waals surface area (Å²) >= 11 is 0. The SMILES string of the molecule is CN(C(=O)NCCC(=O)O)C1CCC(F)(F)CC1. The van der Waals surface area contributed by atoms with Gasteiger partial charge in [-0.15, -0.1) is 0 Å². The normalized spacial score (nSPS) is 19.3. The van der Waals surface area contributed by atoms with Crippen LogP contribution in [-0.4, -0.2) is 47.6 Å². The molecular weight excluding hydrogens is 246 g/mol. The van der Waals surface area contributed by atoms with E-state index in [1.165, 1.54) is 4.90 Å². The molecule has 0 heterocycles. The average molecular weight is 264 g/mol. The lowest BCUT2D eigenvalue weighted by Gasteiger charge is -2.34. The topological polar surface area (TPSA) is 69.6 Å². The highest BCUT2D eigenvalue weighted by Gasteiger charge is 2.37. The molecule has 1 rings (SSSR count). The van der Waals surface area contributed by atoms with Gasteiger partial charge in [-0.25, -0.2) is 13.6 Å². The molecule has 0 spiro atoms. The van der Waals surface area contributed by atoms with Gasteiger partial charge in [0, 0.05) is 32.5 Å². The lowest BCUT2D eigenvalue weighted by molar-refractivity contribution is -0.136. The monoisotopic (exact) mass is 264 g/mol. The van der Waals surface area contributed by atoms with Crippen molar-refractivity contribution in [2.75, 3.05) is 13.6 Å². The Morgan fingerprint density at radius 1 is 1.39 bits per heavy atom. The summed E-state index contributed by atoms with van der Waals surface area (Å²) < 4.78 is 25.9. The minimum Gasteiger partial charge on any atom is -0.481 e. The van der Waals surface area contributed by atoms with Crippen LogP contribution in [0.5, 0.6) is 0 Å². The van der Waals surface area contributed by atoms with Crippen LogP contribution in [0.25, 0.3) is 0 Å². The van der Waals surface area contributed by atoms with Gasteiger partial charge in [0.05, 0.1) is 6.42 Å². The molecular formula is C11H18F2N2O3. The molecule has 1 aliphatic rings. The van der Waals surface area contributed by atoms with Crippen LogP contribution in [0.4, 0.5) is 13.6 Å². The van der Waals surface area contributed by atoms with Gasteiger partial charge in [0.1, 0.15) is 0 Å². The number of rotatable bonds is 4. The minimum atomic E-state index is -2.61. The Hall–Kier alpha value is -1.40. The zero-order valence-electron chi connectivity index (χ0n) is 10.3. The van der Waals surface area contributed by atoms with E-state index in [0.717, 1.165) is 0 Å². The molecule has 1 aliphatic carbocycles. The van der Waals surface area contributed by atoms with Crippen molar-refractivity contribution in [3.8, 4) is 0 Å². The van der Waals surface area contributed by atoms with Gasteiger partial charge in [0.2, 0.25) is 5.92 Å². The standard InChI is InChI=1S/C11H18F2N2O3/c1-15(10(18)14-7-4-9(16)17)8-2-5-11(12,13)6-3-8/h8H,2-7H2,1H3,(H,14,18)(H,16,17). The van der Waals surface area contributed by atoms with Crippen LogP contribution in [-0.2, 0) is 4.79 Å². The molecule has 1 saturated carbocycles. The predicted octanol–water partition coefficient (Wildman–Crippen LogP) is 1.68. The number of halogens is 2. The van der Waals surface area contributed by atoms with E-state index in [1.54, 1.807) is 7.05 Å². The van der Waals surface area contributed by atoms with Crippen molar-refractivity contribution in [3.05, 3.63) is 0 Å². The second-order valence-corrected chi connectivity index (χ2v) is 4.57. The quantitative estimate of drug-likeness (QED) is 0.811. The Bertz CT molecular complexity index is 313. The lowest BCUT2D eigenvalue weighted by atomic mass is 9.91. The molecule has 0 aromatic heterocycles. The molecule has 0 aliphatic heterocycles. The number of hydrogen-bond acceptors (Lipinski definition) is 2. The van der Waals surface area contributed by atoms with Crippen molar-refractivity contribution in [3.63, 3.8) is 0 Å². The van der Waals surface area contributed by atoms with Gasteiger partial charge in [-0.3, -0.25) is 4.79 Å². The van der Waals surface area contributed by atoms with Crippen LogP contribution in [0.15, 0.2) is 0 Å². The summed E-state index contributed by atoms with van der Waals surface area (Å²) in [7, 11) is 1.55. The summed E-state index contributed by atoms with van der Waals surface area (Å²) in [5, 5.41) is 10.9. The maximum atomic E-state index is 12.9. The minimum absolute atomic E-state index is 0.0430. The first-order valence-electron chi connectivity index (χ1n) is 5.92. The Morgan fingerprint density at radius 2 is 1.94 bits per heavy atom. The average Bonchev–Trinajstić information content (AvgIpc) is 2.27. The zero-order chi connectivity index (χ0) is 13.8. The fourth-order valence-corrected chi connectivity index (χ4v) is 1.98. The van der Waals surface area contributed by atoms with Crippen molar-refractivity contribution in [2.24, 2.45) is 0 Å². The highest BCUT2D eigenvalue weighted by molar-refractivity contribution is 5.75. The fraction of sp³-hybridized carbons (Fsp3) is 0.818. The Kier molecular flexibility index (Phi) is 4.86. The summed E-state index contributed by atoms with van der Waals surface area (Å²) in [6.07, 6.45) is -0.0111. The van der Waals surface area contributed by atoms with Crippen LogP contribution in [0, 0.1) is 0 Å². The summed E-state index contributed by atoms with van der Waals surface area (Å²) in [6.45, 7) is 0.0430. The van der Waals surface area contributed by atoms with Gasteiger partial charge in [-0.05, 0) is 12.8 Å². The number of aliphatic carboxylic acids is 1. The number of carbonyl (C=O) groups is 2. The number of carbonyl (C=O) groups excluding carboxylic acids is 1. The number of urea groups is 1. The fourth-order valence-electron chi connectivity index (χ4n) is 1.98. The second-order valence-electron chi connectivity index (χ2n) is 4.57. The van der Waals surface area contributed by atoms with E-state index >= 15 is 0 Å². The molecule has 5 nitrogen and oxygen atoms in total. The first-order chi connectivity index (χ1) is 8.32. The van der Waals surface area contributed by atoms with Gasteiger partial charge in [0.15, 0.2) is 0 Å². The highest BCUT2D eigenvalue weighted by atomic mass is 19.3. The molecule has 18 heavy (non-hydrogen) atoms. The van der Waals surface area contributed by atoms with Crippen molar-refractivity contribution in [1.29, 1.82) is 0 Å². The van der Waals surface area contributed by atoms with Gasteiger partial charge >= 0.3 is 12.0 Å². The summed E-state index contributed by atoms with van der Waals surface area (Å²) in [5.74, 6) is -3.60. The van der Waals surface area contributed by atoms with E-state index in [2.05, 4.69) is 5.32 Å². The maximum absolute atomic E-state index is 12.9. The Balaban J connectivity index is 2.33. The van der Waals surface area contributed by atoms with Crippen molar-refractivity contribution in [2.45, 2.75) is 44.1 Å². The van der Waals surface area contributed by atoms with Crippen LogP contribution in [0.3, 0.4) is 0 Å². The third-order valence-corrected chi connectivity index (χ3v) is 3.17. The second kappa shape index (κ2) is 5.97.